The molecule has 0 unspecified atom stereocenters. The molecule has 0 saturated carbocycles. The fourth-order valence-corrected chi connectivity index (χ4v) is 4.24. The topological polar surface area (TPSA) is 69.6 Å². The van der Waals surface area contributed by atoms with Gasteiger partial charge < -0.3 is 9.15 Å². The van der Waals surface area contributed by atoms with Crippen molar-refractivity contribution in [1.82, 2.24) is 14.6 Å². The van der Waals surface area contributed by atoms with Crippen molar-refractivity contribution in [3.63, 3.8) is 0 Å². The number of nitrogens with zero attached hydrogens (tertiary/aromatic N) is 3. The molecule has 146 valence electrons. The average molecular weight is 408 g/mol. The summed E-state index contributed by atoms with van der Waals surface area (Å²) in [5.41, 5.74) is 4.68. The van der Waals surface area contributed by atoms with Crippen molar-refractivity contribution in [3.8, 4) is 11.1 Å². The van der Waals surface area contributed by atoms with E-state index in [0.29, 0.717) is 35.7 Å². The van der Waals surface area contributed by atoms with Crippen molar-refractivity contribution in [2.45, 2.75) is 25.4 Å². The summed E-state index contributed by atoms with van der Waals surface area (Å²) in [6, 6.07) is 11.3. The predicted molar refractivity (Wildman–Crippen MR) is 108 cm³/mol. The van der Waals surface area contributed by atoms with Gasteiger partial charge in [-0.25, -0.2) is 9.50 Å². The monoisotopic (exact) mass is 407 g/mol. The number of benzene rings is 1. The van der Waals surface area contributed by atoms with Crippen LogP contribution in [0.5, 0.6) is 0 Å². The van der Waals surface area contributed by atoms with E-state index >= 15 is 0 Å². The van der Waals surface area contributed by atoms with E-state index in [-0.39, 0.29) is 11.7 Å². The van der Waals surface area contributed by atoms with Crippen LogP contribution in [0.25, 0.3) is 16.8 Å². The molecule has 4 aromatic rings. The van der Waals surface area contributed by atoms with Crippen LogP contribution in [0, 0.1) is 0 Å². The van der Waals surface area contributed by atoms with Gasteiger partial charge in [-0.15, -0.1) is 0 Å². The van der Waals surface area contributed by atoms with Gasteiger partial charge in [0.15, 0.2) is 11.4 Å². The van der Waals surface area contributed by atoms with Gasteiger partial charge in [0.05, 0.1) is 35.4 Å². The first-order valence-electron chi connectivity index (χ1n) is 9.36. The summed E-state index contributed by atoms with van der Waals surface area (Å²) in [6.07, 6.45) is 4.36. The summed E-state index contributed by atoms with van der Waals surface area (Å²) in [4.78, 5) is 17.4. The van der Waals surface area contributed by atoms with E-state index in [0.717, 1.165) is 28.3 Å². The van der Waals surface area contributed by atoms with Crippen LogP contribution in [0.2, 0.25) is 5.02 Å². The molecule has 0 fully saturated rings. The average Bonchev–Trinajstić information content (AvgIpc) is 3.36. The molecule has 1 aliphatic rings. The lowest BCUT2D eigenvalue weighted by atomic mass is 9.85. The minimum atomic E-state index is -0.0136. The summed E-state index contributed by atoms with van der Waals surface area (Å²) in [5.74, 6) is 0.851. The normalized spacial score (nSPS) is 16.3. The molecule has 0 N–H and O–H groups in total. The Morgan fingerprint density at radius 3 is 2.93 bits per heavy atom. The Morgan fingerprint density at radius 1 is 1.28 bits per heavy atom. The molecule has 1 aromatic carbocycles. The number of aromatic nitrogens is 3. The van der Waals surface area contributed by atoms with Gasteiger partial charge in [-0.2, -0.15) is 5.10 Å². The molecule has 5 rings (SSSR count). The van der Waals surface area contributed by atoms with Crippen LogP contribution in [0.4, 0.5) is 0 Å². The Hall–Kier alpha value is -2.96. The van der Waals surface area contributed by atoms with E-state index in [1.807, 2.05) is 36.4 Å². The summed E-state index contributed by atoms with van der Waals surface area (Å²) < 4.78 is 12.7. The second-order valence-corrected chi connectivity index (χ2v) is 7.60. The minimum absolute atomic E-state index is 0.0136. The van der Waals surface area contributed by atoms with E-state index in [4.69, 9.17) is 25.9 Å². The summed E-state index contributed by atoms with van der Waals surface area (Å²) in [7, 11) is 1.63. The zero-order valence-corrected chi connectivity index (χ0v) is 16.5. The highest BCUT2D eigenvalue weighted by atomic mass is 35.5. The number of halogens is 1. The van der Waals surface area contributed by atoms with Crippen LogP contribution < -0.4 is 0 Å². The first-order chi connectivity index (χ1) is 14.2. The molecule has 3 heterocycles. The summed E-state index contributed by atoms with van der Waals surface area (Å²) >= 11 is 6.22. The first kappa shape index (κ1) is 18.1. The van der Waals surface area contributed by atoms with Crippen molar-refractivity contribution < 1.29 is 13.9 Å². The fourth-order valence-electron chi connectivity index (χ4n) is 4.05. The molecular formula is C22H18ClN3O3. The standard InChI is InChI=1S/C22H18ClN3O3/c1-28-12-17-21(13-4-2-5-15(23)8-13)22-24-11-16-18(26(22)25-17)9-14(10-19(16)27)20-6-3-7-29-20/h2-8,11,14H,9-10,12H2,1H3/t14-/m1/s1. The highest BCUT2D eigenvalue weighted by molar-refractivity contribution is 6.30. The zero-order chi connectivity index (χ0) is 20.0. The molecule has 3 aromatic heterocycles. The van der Waals surface area contributed by atoms with Gasteiger partial charge in [-0.3, -0.25) is 4.79 Å². The highest BCUT2D eigenvalue weighted by Gasteiger charge is 2.31. The fraction of sp³-hybridized carbons (Fsp3) is 0.227. The largest absolute Gasteiger partial charge is 0.469 e. The van der Waals surface area contributed by atoms with E-state index in [9.17, 15) is 4.79 Å². The number of carbonyl (C=O) groups is 1. The Balaban J connectivity index is 1.72. The van der Waals surface area contributed by atoms with Crippen LogP contribution in [-0.4, -0.2) is 27.5 Å². The Labute approximate surface area is 172 Å². The van der Waals surface area contributed by atoms with Crippen molar-refractivity contribution in [3.05, 3.63) is 76.6 Å². The quantitative estimate of drug-likeness (QED) is 0.490. The molecule has 0 saturated heterocycles. The van der Waals surface area contributed by atoms with Crippen molar-refractivity contribution >= 4 is 23.0 Å². The molecule has 0 radical (unpaired) electrons. The number of ketones is 1. The number of Topliss-reactive ketones (excluding diaryl/α,β-unsaturated/α-hetero) is 1. The molecule has 6 nitrogen and oxygen atoms in total. The lowest BCUT2D eigenvalue weighted by Crippen LogP contribution is -2.22. The van der Waals surface area contributed by atoms with E-state index in [2.05, 4.69) is 4.98 Å². The van der Waals surface area contributed by atoms with Gasteiger partial charge in [0.25, 0.3) is 0 Å². The maximum Gasteiger partial charge on any atom is 0.167 e. The Morgan fingerprint density at radius 2 is 2.17 bits per heavy atom. The Kier molecular flexibility index (Phi) is 4.45. The van der Waals surface area contributed by atoms with Crippen LogP contribution >= 0.6 is 11.6 Å². The molecule has 1 aliphatic carbocycles. The number of furan rings is 1. The second-order valence-electron chi connectivity index (χ2n) is 7.16. The molecule has 1 atom stereocenters. The van der Waals surface area contributed by atoms with Gasteiger partial charge in [0.2, 0.25) is 0 Å². The number of rotatable bonds is 4. The minimum Gasteiger partial charge on any atom is -0.469 e. The number of carbonyl (C=O) groups excluding carboxylic acids is 1. The predicted octanol–water partition coefficient (Wildman–Crippen LogP) is 4.70. The van der Waals surface area contributed by atoms with Crippen molar-refractivity contribution in [1.29, 1.82) is 0 Å². The van der Waals surface area contributed by atoms with Crippen LogP contribution in [0.3, 0.4) is 0 Å². The SMILES string of the molecule is COCc1nn2c3c(cnc2c1-c1cccc(Cl)c1)C(=O)C[C@H](c1ccco1)C3. The van der Waals surface area contributed by atoms with Gasteiger partial charge >= 0.3 is 0 Å². The maximum absolute atomic E-state index is 12.8. The summed E-state index contributed by atoms with van der Waals surface area (Å²) in [6.45, 7) is 0.329. The third kappa shape index (κ3) is 3.05. The Bertz CT molecular complexity index is 1210. The number of fused-ring (bicyclic) bond motifs is 3. The third-order valence-corrected chi connectivity index (χ3v) is 5.56. The lowest BCUT2D eigenvalue weighted by molar-refractivity contribution is 0.0958. The van der Waals surface area contributed by atoms with Gasteiger partial charge in [0.1, 0.15) is 5.76 Å². The molecule has 0 spiro atoms. The molecule has 0 amide bonds. The maximum atomic E-state index is 12.8. The second kappa shape index (κ2) is 7.13. The number of hydrogen-bond donors (Lipinski definition) is 0. The van der Waals surface area contributed by atoms with E-state index in [1.54, 1.807) is 24.1 Å². The molecular weight excluding hydrogens is 390 g/mol. The van der Waals surface area contributed by atoms with Crippen LogP contribution in [-0.2, 0) is 17.8 Å². The third-order valence-electron chi connectivity index (χ3n) is 5.33. The number of ether oxygens (including phenoxy) is 1. The summed E-state index contributed by atoms with van der Waals surface area (Å²) in [5, 5.41) is 5.41. The number of methoxy groups -OCH3 is 1. The first-order valence-corrected chi connectivity index (χ1v) is 9.74. The smallest absolute Gasteiger partial charge is 0.167 e. The van der Waals surface area contributed by atoms with Crippen LogP contribution in [0.1, 0.15) is 39.8 Å². The van der Waals surface area contributed by atoms with Crippen LogP contribution in [0.15, 0.2) is 53.3 Å². The van der Waals surface area contributed by atoms with Crippen molar-refractivity contribution in [2.75, 3.05) is 7.11 Å². The van der Waals surface area contributed by atoms with Gasteiger partial charge in [-0.05, 0) is 29.8 Å². The van der Waals surface area contributed by atoms with E-state index in [1.165, 1.54) is 0 Å². The molecule has 0 aliphatic heterocycles. The highest BCUT2D eigenvalue weighted by Crippen LogP contribution is 2.36. The lowest BCUT2D eigenvalue weighted by Gasteiger charge is -2.22. The molecule has 7 heteroatoms. The number of hydrogen-bond acceptors (Lipinski definition) is 5. The molecule has 0 bridgehead atoms. The zero-order valence-electron chi connectivity index (χ0n) is 15.8. The van der Waals surface area contributed by atoms with Gasteiger partial charge in [-0.1, -0.05) is 23.7 Å². The van der Waals surface area contributed by atoms with Crippen molar-refractivity contribution in [2.24, 2.45) is 0 Å². The molecule has 29 heavy (non-hydrogen) atoms. The van der Waals surface area contributed by atoms with Gasteiger partial charge in [0, 0.05) is 37.1 Å². The van der Waals surface area contributed by atoms with E-state index < -0.39 is 0 Å².